The van der Waals surface area contributed by atoms with Crippen molar-refractivity contribution in [2.24, 2.45) is 5.92 Å². The van der Waals surface area contributed by atoms with Crippen LogP contribution in [0.2, 0.25) is 0 Å². The molecule has 3 aliphatic heterocycles. The molecule has 0 aliphatic carbocycles. The van der Waals surface area contributed by atoms with Crippen LogP contribution >= 0.6 is 0 Å². The molecule has 9 nitrogen and oxygen atoms in total. The maximum atomic E-state index is 14.0. The lowest BCUT2D eigenvalue weighted by molar-refractivity contribution is -0.138. The van der Waals surface area contributed by atoms with Crippen molar-refractivity contribution in [3.05, 3.63) is 77.9 Å². The minimum Gasteiger partial charge on any atom is -0.497 e. The van der Waals surface area contributed by atoms with Gasteiger partial charge in [-0.05, 0) is 59.7 Å². The van der Waals surface area contributed by atoms with Gasteiger partial charge in [0, 0.05) is 44.8 Å². The first kappa shape index (κ1) is 26.0. The number of carbonyl (C=O) groups excluding carboxylic acids is 2. The predicted molar refractivity (Wildman–Crippen MR) is 149 cm³/mol. The van der Waals surface area contributed by atoms with E-state index in [2.05, 4.69) is 11.0 Å². The zero-order valence-electron chi connectivity index (χ0n) is 22.7. The van der Waals surface area contributed by atoms with Crippen LogP contribution in [0.5, 0.6) is 23.0 Å². The minimum atomic E-state index is -0.483. The molecule has 2 fully saturated rings. The second-order valence-corrected chi connectivity index (χ2v) is 10.3. The molecule has 3 heterocycles. The third-order valence-electron chi connectivity index (χ3n) is 7.97. The summed E-state index contributed by atoms with van der Waals surface area (Å²) in [6, 6.07) is 20.7. The van der Waals surface area contributed by atoms with E-state index >= 15 is 0 Å². The van der Waals surface area contributed by atoms with Crippen LogP contribution in [-0.2, 0) is 16.1 Å². The Balaban J connectivity index is 1.18. The summed E-state index contributed by atoms with van der Waals surface area (Å²) in [7, 11) is 3.23. The summed E-state index contributed by atoms with van der Waals surface area (Å²) in [5, 5.41) is 0. The molecule has 0 spiro atoms. The monoisotopic (exact) mass is 543 g/mol. The van der Waals surface area contributed by atoms with Crippen LogP contribution in [0.4, 0.5) is 5.69 Å². The lowest BCUT2D eigenvalue weighted by Crippen LogP contribution is -2.50. The van der Waals surface area contributed by atoms with Gasteiger partial charge >= 0.3 is 0 Å². The van der Waals surface area contributed by atoms with E-state index in [9.17, 15) is 9.59 Å². The number of anilines is 1. The quantitative estimate of drug-likeness (QED) is 0.448. The van der Waals surface area contributed by atoms with Gasteiger partial charge in [-0.1, -0.05) is 18.2 Å². The number of benzene rings is 3. The molecule has 6 rings (SSSR count). The minimum absolute atomic E-state index is 0.0212. The van der Waals surface area contributed by atoms with E-state index in [-0.39, 0.29) is 25.0 Å². The van der Waals surface area contributed by atoms with Crippen molar-refractivity contribution in [2.75, 3.05) is 52.1 Å². The summed E-state index contributed by atoms with van der Waals surface area (Å²) in [5.41, 5.74) is 2.80. The van der Waals surface area contributed by atoms with Gasteiger partial charge < -0.3 is 28.7 Å². The SMILES string of the molecule is COc1ccc([C@H]2[C@@H](C(=O)N3CCN(Cc4ccc5c(c4)OCO5)CC3)CC(=O)N2c2ccc(OC)cc2)cc1. The molecule has 0 unspecified atom stereocenters. The summed E-state index contributed by atoms with van der Waals surface area (Å²) < 4.78 is 21.6. The Bertz CT molecular complexity index is 1370. The molecular formula is C31H33N3O6. The second-order valence-electron chi connectivity index (χ2n) is 10.3. The normalized spacial score (nSPS) is 20.6. The summed E-state index contributed by atoms with van der Waals surface area (Å²) in [5.74, 6) is 2.47. The zero-order chi connectivity index (χ0) is 27.6. The van der Waals surface area contributed by atoms with Crippen molar-refractivity contribution >= 4 is 17.5 Å². The highest BCUT2D eigenvalue weighted by molar-refractivity contribution is 6.01. The summed E-state index contributed by atoms with van der Waals surface area (Å²) in [6.07, 6.45) is 0.166. The molecule has 40 heavy (non-hydrogen) atoms. The van der Waals surface area contributed by atoms with Crippen molar-refractivity contribution in [3.8, 4) is 23.0 Å². The standard InChI is InChI=1S/C31H33N3O6/c1-37-24-8-4-22(5-9-24)30-26(18-29(35)34(30)23-6-10-25(38-2)11-7-23)31(36)33-15-13-32(14-16-33)19-21-3-12-27-28(17-21)40-20-39-27/h3-12,17,26,30H,13-16,18-20H2,1-2H3/t26-,30-/m0/s1. The molecule has 2 atom stereocenters. The average Bonchev–Trinajstić information content (AvgIpc) is 3.61. The highest BCUT2D eigenvalue weighted by Gasteiger charge is 2.46. The molecule has 2 amide bonds. The van der Waals surface area contributed by atoms with E-state index in [0.717, 1.165) is 53.7 Å². The zero-order valence-corrected chi connectivity index (χ0v) is 22.7. The van der Waals surface area contributed by atoms with E-state index in [1.165, 1.54) is 0 Å². The molecule has 2 saturated heterocycles. The van der Waals surface area contributed by atoms with Gasteiger partial charge in [0.2, 0.25) is 18.6 Å². The van der Waals surface area contributed by atoms with Crippen LogP contribution in [0.3, 0.4) is 0 Å². The fourth-order valence-corrected chi connectivity index (χ4v) is 5.84. The molecule has 0 aromatic heterocycles. The Labute approximate surface area is 233 Å². The molecule has 0 radical (unpaired) electrons. The van der Waals surface area contributed by atoms with Crippen LogP contribution in [-0.4, -0.2) is 68.8 Å². The maximum Gasteiger partial charge on any atom is 0.231 e. The highest BCUT2D eigenvalue weighted by Crippen LogP contribution is 2.43. The van der Waals surface area contributed by atoms with Crippen LogP contribution in [0.1, 0.15) is 23.6 Å². The molecular weight excluding hydrogens is 510 g/mol. The van der Waals surface area contributed by atoms with Gasteiger partial charge in [0.25, 0.3) is 0 Å². The van der Waals surface area contributed by atoms with Crippen molar-refractivity contribution in [2.45, 2.75) is 19.0 Å². The van der Waals surface area contributed by atoms with Crippen LogP contribution in [0, 0.1) is 5.92 Å². The number of hydrogen-bond donors (Lipinski definition) is 0. The Morgan fingerprint density at radius 1 is 0.850 bits per heavy atom. The second kappa shape index (κ2) is 11.1. The molecule has 9 heteroatoms. The number of piperazine rings is 1. The van der Waals surface area contributed by atoms with E-state index in [0.29, 0.717) is 18.8 Å². The predicted octanol–water partition coefficient (Wildman–Crippen LogP) is 3.87. The van der Waals surface area contributed by atoms with E-state index in [1.54, 1.807) is 19.1 Å². The Hall–Kier alpha value is -4.24. The Kier molecular flexibility index (Phi) is 7.21. The van der Waals surface area contributed by atoms with E-state index < -0.39 is 12.0 Å². The Morgan fingerprint density at radius 2 is 1.50 bits per heavy atom. The molecule has 0 bridgehead atoms. The number of carbonyl (C=O) groups is 2. The van der Waals surface area contributed by atoms with Crippen LogP contribution < -0.4 is 23.8 Å². The van der Waals surface area contributed by atoms with Gasteiger partial charge in [-0.2, -0.15) is 0 Å². The van der Waals surface area contributed by atoms with Crippen molar-refractivity contribution in [1.82, 2.24) is 9.80 Å². The molecule has 3 aromatic rings. The van der Waals surface area contributed by atoms with Gasteiger partial charge in [-0.25, -0.2) is 0 Å². The first-order chi connectivity index (χ1) is 19.5. The largest absolute Gasteiger partial charge is 0.497 e. The summed E-state index contributed by atoms with van der Waals surface area (Å²) in [4.78, 5) is 33.4. The first-order valence-corrected chi connectivity index (χ1v) is 13.5. The number of ether oxygens (including phenoxy) is 4. The van der Waals surface area contributed by atoms with Crippen molar-refractivity contribution in [1.29, 1.82) is 0 Å². The average molecular weight is 544 g/mol. The van der Waals surface area contributed by atoms with Crippen molar-refractivity contribution < 1.29 is 28.5 Å². The lowest BCUT2D eigenvalue weighted by atomic mass is 9.91. The van der Waals surface area contributed by atoms with Crippen LogP contribution in [0.25, 0.3) is 0 Å². The summed E-state index contributed by atoms with van der Waals surface area (Å²) in [6.45, 7) is 3.79. The molecule has 208 valence electrons. The third-order valence-corrected chi connectivity index (χ3v) is 7.97. The fraction of sp³-hybridized carbons (Fsp3) is 0.355. The first-order valence-electron chi connectivity index (χ1n) is 13.5. The maximum absolute atomic E-state index is 14.0. The number of hydrogen-bond acceptors (Lipinski definition) is 7. The van der Waals surface area contributed by atoms with Gasteiger partial charge in [0.1, 0.15) is 11.5 Å². The van der Waals surface area contributed by atoms with Gasteiger partial charge in [0.05, 0.1) is 26.2 Å². The van der Waals surface area contributed by atoms with Crippen molar-refractivity contribution in [3.63, 3.8) is 0 Å². The number of methoxy groups -OCH3 is 2. The van der Waals surface area contributed by atoms with Gasteiger partial charge in [0.15, 0.2) is 11.5 Å². The summed E-state index contributed by atoms with van der Waals surface area (Å²) >= 11 is 0. The van der Waals surface area contributed by atoms with Gasteiger partial charge in [-0.3, -0.25) is 14.5 Å². The number of rotatable bonds is 7. The number of nitrogens with zero attached hydrogens (tertiary/aromatic N) is 3. The fourth-order valence-electron chi connectivity index (χ4n) is 5.84. The lowest BCUT2D eigenvalue weighted by Gasteiger charge is -2.37. The Morgan fingerprint density at radius 3 is 2.17 bits per heavy atom. The highest BCUT2D eigenvalue weighted by atomic mass is 16.7. The topological polar surface area (TPSA) is 80.8 Å². The van der Waals surface area contributed by atoms with Gasteiger partial charge in [-0.15, -0.1) is 0 Å². The molecule has 0 saturated carbocycles. The molecule has 3 aliphatic rings. The smallest absolute Gasteiger partial charge is 0.231 e. The van der Waals surface area contributed by atoms with E-state index in [1.807, 2.05) is 65.6 Å². The molecule has 3 aromatic carbocycles. The molecule has 0 N–H and O–H groups in total. The van der Waals surface area contributed by atoms with Crippen LogP contribution in [0.15, 0.2) is 66.7 Å². The number of amides is 2. The number of fused-ring (bicyclic) bond motifs is 1. The third kappa shape index (κ3) is 5.04. The van der Waals surface area contributed by atoms with E-state index in [4.69, 9.17) is 18.9 Å².